The molecule has 0 saturated heterocycles. The second-order valence-corrected chi connectivity index (χ2v) is 8.75. The van der Waals surface area contributed by atoms with Crippen LogP contribution >= 0.6 is 11.3 Å². The fourth-order valence-electron chi connectivity index (χ4n) is 4.03. The molecular formula is C20H23N7OS. The monoisotopic (exact) mass is 409 g/mol. The van der Waals surface area contributed by atoms with Crippen LogP contribution < -0.4 is 10.5 Å². The van der Waals surface area contributed by atoms with Gasteiger partial charge in [-0.1, -0.05) is 6.07 Å². The summed E-state index contributed by atoms with van der Waals surface area (Å²) in [6, 6.07) is 6.09. The number of anilines is 1. The van der Waals surface area contributed by atoms with Crippen molar-refractivity contribution >= 4 is 33.8 Å². The smallest absolute Gasteiger partial charge is 0.223 e. The van der Waals surface area contributed by atoms with Crippen LogP contribution in [0.25, 0.3) is 16.6 Å². The Labute approximate surface area is 172 Å². The van der Waals surface area contributed by atoms with E-state index < -0.39 is 0 Å². The molecule has 150 valence electrons. The molecule has 2 N–H and O–H groups in total. The normalized spacial score (nSPS) is 15.7. The van der Waals surface area contributed by atoms with Crippen LogP contribution in [0.3, 0.4) is 0 Å². The lowest BCUT2D eigenvalue weighted by Crippen LogP contribution is -2.38. The maximum atomic E-state index is 6.17. The summed E-state index contributed by atoms with van der Waals surface area (Å²) in [5.74, 6) is 1.76. The summed E-state index contributed by atoms with van der Waals surface area (Å²) < 4.78 is 7.06. The first-order valence-corrected chi connectivity index (χ1v) is 10.5. The number of benzene rings is 1. The number of ether oxygens (including phenoxy) is 1. The molecule has 29 heavy (non-hydrogen) atoms. The first-order valence-electron chi connectivity index (χ1n) is 9.70. The van der Waals surface area contributed by atoms with Gasteiger partial charge in [0, 0.05) is 42.2 Å². The molecule has 5 rings (SSSR count). The lowest BCUT2D eigenvalue weighted by molar-refractivity contribution is 0.189. The molecule has 4 heterocycles. The number of hydrogen-bond donors (Lipinski definition) is 1. The van der Waals surface area contributed by atoms with Crippen LogP contribution in [-0.4, -0.2) is 49.2 Å². The van der Waals surface area contributed by atoms with E-state index in [2.05, 4.69) is 33.8 Å². The fraction of sp³-hybridized carbons (Fsp3) is 0.400. The van der Waals surface area contributed by atoms with E-state index in [4.69, 9.17) is 15.5 Å². The molecule has 0 bridgehead atoms. The van der Waals surface area contributed by atoms with Gasteiger partial charge in [0.2, 0.25) is 5.95 Å². The molecule has 0 saturated carbocycles. The molecule has 1 aromatic carbocycles. The van der Waals surface area contributed by atoms with Gasteiger partial charge in [-0.15, -0.1) is 16.4 Å². The predicted molar refractivity (Wildman–Crippen MR) is 113 cm³/mol. The summed E-state index contributed by atoms with van der Waals surface area (Å²) >= 11 is 1.80. The zero-order valence-electron chi connectivity index (χ0n) is 16.7. The molecule has 0 amide bonds. The molecule has 0 aliphatic carbocycles. The number of para-hydroxylation sites is 1. The summed E-state index contributed by atoms with van der Waals surface area (Å²) in [5.41, 5.74) is 8.85. The van der Waals surface area contributed by atoms with Gasteiger partial charge in [0.25, 0.3) is 0 Å². The number of fused-ring (bicyclic) bond motifs is 4. The molecule has 3 aromatic heterocycles. The molecular weight excluding hydrogens is 386 g/mol. The highest BCUT2D eigenvalue weighted by atomic mass is 32.1. The molecule has 0 spiro atoms. The topological polar surface area (TPSA) is 94.5 Å². The first kappa shape index (κ1) is 18.3. The SMILES string of the molecule is COc1cccc2c1nc(N)n1nc(C[C@H](C)N3CCc4nc(C)sc4C3)nc21. The highest BCUT2D eigenvalue weighted by Gasteiger charge is 2.25. The van der Waals surface area contributed by atoms with Gasteiger partial charge in [0.1, 0.15) is 11.3 Å². The second-order valence-electron chi connectivity index (χ2n) is 7.47. The van der Waals surface area contributed by atoms with Gasteiger partial charge in [-0.05, 0) is 26.0 Å². The highest BCUT2D eigenvalue weighted by molar-refractivity contribution is 7.11. The third-order valence-corrected chi connectivity index (χ3v) is 6.52. The van der Waals surface area contributed by atoms with Crippen molar-refractivity contribution in [2.75, 3.05) is 19.4 Å². The number of hydrogen-bond acceptors (Lipinski definition) is 8. The summed E-state index contributed by atoms with van der Waals surface area (Å²) in [6.45, 7) is 6.26. The zero-order chi connectivity index (χ0) is 20.1. The molecule has 1 aliphatic heterocycles. The van der Waals surface area contributed by atoms with Crippen molar-refractivity contribution in [1.82, 2.24) is 29.5 Å². The lowest BCUT2D eigenvalue weighted by atomic mass is 10.1. The molecule has 0 unspecified atom stereocenters. The summed E-state index contributed by atoms with van der Waals surface area (Å²) in [4.78, 5) is 17.8. The van der Waals surface area contributed by atoms with Gasteiger partial charge in [0.15, 0.2) is 11.5 Å². The van der Waals surface area contributed by atoms with Gasteiger partial charge < -0.3 is 10.5 Å². The van der Waals surface area contributed by atoms with Crippen LogP contribution in [0, 0.1) is 6.92 Å². The van der Waals surface area contributed by atoms with E-state index in [1.165, 1.54) is 10.6 Å². The Morgan fingerprint density at radius 1 is 1.28 bits per heavy atom. The highest BCUT2D eigenvalue weighted by Crippen LogP contribution is 2.29. The molecule has 9 heteroatoms. The van der Waals surface area contributed by atoms with Crippen molar-refractivity contribution in [2.45, 2.75) is 39.3 Å². The summed E-state index contributed by atoms with van der Waals surface area (Å²) in [7, 11) is 1.63. The van der Waals surface area contributed by atoms with E-state index in [1.807, 2.05) is 18.2 Å². The van der Waals surface area contributed by atoms with Gasteiger partial charge in [-0.3, -0.25) is 4.90 Å². The number of thiazole rings is 1. The number of nitrogen functional groups attached to an aromatic ring is 1. The van der Waals surface area contributed by atoms with Crippen LogP contribution in [0.2, 0.25) is 0 Å². The minimum atomic E-state index is 0.311. The quantitative estimate of drug-likeness (QED) is 0.554. The third kappa shape index (κ3) is 3.10. The van der Waals surface area contributed by atoms with Crippen molar-refractivity contribution < 1.29 is 4.74 Å². The van der Waals surface area contributed by atoms with Crippen molar-refractivity contribution in [2.24, 2.45) is 0 Å². The van der Waals surface area contributed by atoms with E-state index in [9.17, 15) is 0 Å². The second kappa shape index (κ2) is 6.93. The number of rotatable bonds is 4. The van der Waals surface area contributed by atoms with Crippen LogP contribution in [-0.2, 0) is 19.4 Å². The molecule has 4 aromatic rings. The van der Waals surface area contributed by atoms with Crippen LogP contribution in [0.4, 0.5) is 5.95 Å². The lowest BCUT2D eigenvalue weighted by Gasteiger charge is -2.31. The molecule has 0 fully saturated rings. The van der Waals surface area contributed by atoms with Crippen LogP contribution in [0.1, 0.15) is 28.3 Å². The van der Waals surface area contributed by atoms with E-state index in [1.54, 1.807) is 23.0 Å². The van der Waals surface area contributed by atoms with Crippen molar-refractivity contribution in [1.29, 1.82) is 0 Å². The maximum Gasteiger partial charge on any atom is 0.223 e. The summed E-state index contributed by atoms with van der Waals surface area (Å²) in [6.07, 6.45) is 1.75. The average Bonchev–Trinajstić information content (AvgIpc) is 3.30. The van der Waals surface area contributed by atoms with Gasteiger partial charge >= 0.3 is 0 Å². The van der Waals surface area contributed by atoms with Gasteiger partial charge in [-0.25, -0.2) is 15.0 Å². The van der Waals surface area contributed by atoms with E-state index in [0.29, 0.717) is 28.9 Å². The fourth-order valence-corrected chi connectivity index (χ4v) is 5.04. The van der Waals surface area contributed by atoms with Crippen LogP contribution in [0.15, 0.2) is 18.2 Å². The standard InChI is InChI=1S/C20H23N7OS/c1-11(26-8-7-14-16(10-26)29-12(2)22-14)9-17-23-19-13-5-4-6-15(28-3)18(13)24-20(21)27(19)25-17/h4-6,11H,7-10H2,1-3H3,(H2,21,24)/t11-/m0/s1. The van der Waals surface area contributed by atoms with E-state index >= 15 is 0 Å². The Morgan fingerprint density at radius 3 is 2.97 bits per heavy atom. The van der Waals surface area contributed by atoms with Gasteiger partial charge in [-0.2, -0.15) is 4.52 Å². The summed E-state index contributed by atoms with van der Waals surface area (Å²) in [5, 5.41) is 6.67. The number of aryl methyl sites for hydroxylation is 1. The minimum absolute atomic E-state index is 0.311. The number of aromatic nitrogens is 5. The zero-order valence-corrected chi connectivity index (χ0v) is 17.5. The number of methoxy groups -OCH3 is 1. The van der Waals surface area contributed by atoms with Crippen molar-refractivity contribution in [3.05, 3.63) is 39.6 Å². The number of nitrogens with two attached hydrogens (primary N) is 1. The molecule has 8 nitrogen and oxygen atoms in total. The Bertz CT molecular complexity index is 1210. The largest absolute Gasteiger partial charge is 0.494 e. The predicted octanol–water partition coefficient (Wildman–Crippen LogP) is 2.62. The Morgan fingerprint density at radius 2 is 2.14 bits per heavy atom. The molecule has 0 radical (unpaired) electrons. The maximum absolute atomic E-state index is 6.17. The van der Waals surface area contributed by atoms with Crippen molar-refractivity contribution in [3.8, 4) is 5.75 Å². The van der Waals surface area contributed by atoms with E-state index in [0.717, 1.165) is 42.1 Å². The Balaban J connectivity index is 1.45. The Hall–Kier alpha value is -2.78. The first-order chi connectivity index (χ1) is 14.0. The molecule has 1 atom stereocenters. The van der Waals surface area contributed by atoms with Crippen molar-refractivity contribution in [3.63, 3.8) is 0 Å². The van der Waals surface area contributed by atoms with E-state index in [-0.39, 0.29) is 0 Å². The average molecular weight is 410 g/mol. The third-order valence-electron chi connectivity index (χ3n) is 5.52. The Kier molecular flexibility index (Phi) is 4.36. The number of nitrogens with zero attached hydrogens (tertiary/aromatic N) is 6. The molecule has 1 aliphatic rings. The van der Waals surface area contributed by atoms with Gasteiger partial charge in [0.05, 0.1) is 17.8 Å². The van der Waals surface area contributed by atoms with Crippen LogP contribution in [0.5, 0.6) is 5.75 Å². The minimum Gasteiger partial charge on any atom is -0.494 e.